The minimum Gasteiger partial charge on any atom is -0.453 e. The van der Waals surface area contributed by atoms with Gasteiger partial charge >= 0.3 is 5.97 Å². The van der Waals surface area contributed by atoms with E-state index in [9.17, 15) is 9.59 Å². The van der Waals surface area contributed by atoms with Crippen LogP contribution in [0.2, 0.25) is 5.02 Å². The summed E-state index contributed by atoms with van der Waals surface area (Å²) in [6, 6.07) is 20.7. The highest BCUT2D eigenvalue weighted by molar-refractivity contribution is 7.21. The second-order valence-corrected chi connectivity index (χ2v) is 8.31. The van der Waals surface area contributed by atoms with Crippen LogP contribution in [-0.4, -0.2) is 18.4 Å². The molecule has 1 aromatic heterocycles. The number of ketones is 1. The van der Waals surface area contributed by atoms with E-state index < -0.39 is 12.6 Å². The average molecular weight is 436 g/mol. The standard InChI is InChI=1S/C24H18ClNO3S/c1-14-11-18-21(12-17(14)15-7-3-2-4-8-15)30-23(22(18)26)24(28)29-13-20(27)16-9-5-6-10-19(16)25/h2-12H,13,26H2,1H3. The topological polar surface area (TPSA) is 69.4 Å². The number of hydrogen-bond acceptors (Lipinski definition) is 5. The van der Waals surface area contributed by atoms with Gasteiger partial charge in [-0.25, -0.2) is 4.79 Å². The molecular weight excluding hydrogens is 418 g/mol. The Morgan fingerprint density at radius 2 is 1.73 bits per heavy atom. The monoisotopic (exact) mass is 435 g/mol. The molecule has 0 saturated carbocycles. The Hall–Kier alpha value is -3.15. The van der Waals surface area contributed by atoms with Gasteiger partial charge in [0, 0.05) is 15.6 Å². The van der Waals surface area contributed by atoms with E-state index in [-0.39, 0.29) is 5.78 Å². The lowest BCUT2D eigenvalue weighted by Gasteiger charge is -2.06. The fourth-order valence-electron chi connectivity index (χ4n) is 3.31. The highest BCUT2D eigenvalue weighted by Gasteiger charge is 2.21. The summed E-state index contributed by atoms with van der Waals surface area (Å²) in [4.78, 5) is 25.2. The Morgan fingerprint density at radius 1 is 1.03 bits per heavy atom. The Labute approximate surface area is 182 Å². The number of ether oxygens (including phenoxy) is 1. The Morgan fingerprint density at radius 3 is 2.47 bits per heavy atom. The van der Waals surface area contributed by atoms with Crippen molar-refractivity contribution in [2.24, 2.45) is 0 Å². The summed E-state index contributed by atoms with van der Waals surface area (Å²) < 4.78 is 6.13. The maximum Gasteiger partial charge on any atom is 0.350 e. The van der Waals surface area contributed by atoms with E-state index in [0.717, 1.165) is 26.8 Å². The number of nitrogen functional groups attached to an aromatic ring is 1. The number of aryl methyl sites for hydroxylation is 1. The van der Waals surface area contributed by atoms with Crippen LogP contribution in [0.5, 0.6) is 0 Å². The zero-order chi connectivity index (χ0) is 21.3. The van der Waals surface area contributed by atoms with Gasteiger partial charge in [-0.3, -0.25) is 4.79 Å². The smallest absolute Gasteiger partial charge is 0.350 e. The highest BCUT2D eigenvalue weighted by Crippen LogP contribution is 2.38. The van der Waals surface area contributed by atoms with Crippen molar-refractivity contribution < 1.29 is 14.3 Å². The number of fused-ring (bicyclic) bond motifs is 1. The molecule has 0 amide bonds. The van der Waals surface area contributed by atoms with Crippen molar-refractivity contribution in [2.75, 3.05) is 12.3 Å². The number of thiophene rings is 1. The van der Waals surface area contributed by atoms with Gasteiger partial charge in [-0.1, -0.05) is 54.1 Å². The molecule has 3 aromatic carbocycles. The average Bonchev–Trinajstić information content (AvgIpc) is 3.08. The van der Waals surface area contributed by atoms with Crippen LogP contribution in [0.1, 0.15) is 25.6 Å². The van der Waals surface area contributed by atoms with Crippen LogP contribution < -0.4 is 5.73 Å². The SMILES string of the molecule is Cc1cc2c(N)c(C(=O)OCC(=O)c3ccccc3Cl)sc2cc1-c1ccccc1. The predicted molar refractivity (Wildman–Crippen MR) is 122 cm³/mol. The second kappa shape index (κ2) is 8.30. The molecule has 4 rings (SSSR count). The van der Waals surface area contributed by atoms with Crippen molar-refractivity contribution in [1.29, 1.82) is 0 Å². The van der Waals surface area contributed by atoms with Crippen molar-refractivity contribution >= 4 is 50.5 Å². The van der Waals surface area contributed by atoms with E-state index in [1.807, 2.05) is 49.4 Å². The molecule has 0 saturated heterocycles. The molecule has 0 aliphatic rings. The van der Waals surface area contributed by atoms with Crippen molar-refractivity contribution in [3.8, 4) is 11.1 Å². The quantitative estimate of drug-likeness (QED) is 0.301. The fraction of sp³-hybridized carbons (Fsp3) is 0.0833. The number of carbonyl (C=O) groups is 2. The molecule has 0 fully saturated rings. The summed E-state index contributed by atoms with van der Waals surface area (Å²) >= 11 is 7.29. The molecule has 0 unspecified atom stereocenters. The summed E-state index contributed by atoms with van der Waals surface area (Å²) in [7, 11) is 0. The number of benzene rings is 3. The number of rotatable bonds is 5. The van der Waals surface area contributed by atoms with Gasteiger partial charge in [0.2, 0.25) is 5.78 Å². The second-order valence-electron chi connectivity index (χ2n) is 6.85. The molecule has 0 atom stereocenters. The zero-order valence-electron chi connectivity index (χ0n) is 16.1. The number of anilines is 1. The van der Waals surface area contributed by atoms with Crippen molar-refractivity contribution in [3.63, 3.8) is 0 Å². The largest absolute Gasteiger partial charge is 0.453 e. The van der Waals surface area contributed by atoms with Crippen molar-refractivity contribution in [2.45, 2.75) is 6.92 Å². The number of carbonyl (C=O) groups excluding carboxylic acids is 2. The van der Waals surface area contributed by atoms with Crippen LogP contribution in [0.3, 0.4) is 0 Å². The van der Waals surface area contributed by atoms with Crippen molar-refractivity contribution in [1.82, 2.24) is 0 Å². The number of Topliss-reactive ketones (excluding diaryl/α,β-unsaturated/α-hetero) is 1. The first kappa shape index (κ1) is 20.1. The minimum absolute atomic E-state index is 0.293. The lowest BCUT2D eigenvalue weighted by atomic mass is 9.99. The summed E-state index contributed by atoms with van der Waals surface area (Å²) in [6.45, 7) is 1.61. The first-order valence-electron chi connectivity index (χ1n) is 9.28. The molecule has 4 nitrogen and oxygen atoms in total. The molecule has 4 aromatic rings. The minimum atomic E-state index is -0.618. The summed E-state index contributed by atoms with van der Waals surface area (Å²) in [5.74, 6) is -0.983. The van der Waals surface area contributed by atoms with E-state index in [1.54, 1.807) is 24.3 Å². The molecule has 0 radical (unpaired) electrons. The predicted octanol–water partition coefficient (Wildman–Crippen LogP) is 6.15. The molecule has 0 aliphatic heterocycles. The van der Waals surface area contributed by atoms with E-state index in [1.165, 1.54) is 11.3 Å². The van der Waals surface area contributed by atoms with Crippen LogP contribution in [0.25, 0.3) is 21.2 Å². The number of hydrogen-bond donors (Lipinski definition) is 1. The first-order valence-corrected chi connectivity index (χ1v) is 10.5. The Balaban J connectivity index is 1.59. The Kier molecular flexibility index (Phi) is 5.57. The van der Waals surface area contributed by atoms with Crippen LogP contribution in [-0.2, 0) is 4.74 Å². The molecule has 30 heavy (non-hydrogen) atoms. The Bertz CT molecular complexity index is 1260. The molecule has 0 spiro atoms. The summed E-state index contributed by atoms with van der Waals surface area (Å²) in [5.41, 5.74) is 10.2. The zero-order valence-corrected chi connectivity index (χ0v) is 17.7. The van der Waals surface area contributed by atoms with Gasteiger partial charge in [-0.05, 0) is 47.9 Å². The summed E-state index contributed by atoms with van der Waals surface area (Å²) in [5, 5.41) is 1.13. The number of nitrogens with two attached hydrogens (primary N) is 1. The molecule has 0 aliphatic carbocycles. The van der Waals surface area contributed by atoms with E-state index >= 15 is 0 Å². The molecule has 2 N–H and O–H groups in total. The van der Waals surface area contributed by atoms with Crippen LogP contribution in [0, 0.1) is 6.92 Å². The van der Waals surface area contributed by atoms with Gasteiger partial charge in [0.15, 0.2) is 6.61 Å². The van der Waals surface area contributed by atoms with Gasteiger partial charge in [0.25, 0.3) is 0 Å². The fourth-order valence-corrected chi connectivity index (χ4v) is 4.59. The summed E-state index contributed by atoms with van der Waals surface area (Å²) in [6.07, 6.45) is 0. The highest BCUT2D eigenvalue weighted by atomic mass is 35.5. The number of esters is 1. The van der Waals surface area contributed by atoms with Crippen LogP contribution in [0.15, 0.2) is 66.7 Å². The molecule has 150 valence electrons. The van der Waals surface area contributed by atoms with Crippen LogP contribution >= 0.6 is 22.9 Å². The van der Waals surface area contributed by atoms with Gasteiger partial charge in [-0.15, -0.1) is 11.3 Å². The maximum absolute atomic E-state index is 12.6. The van der Waals surface area contributed by atoms with E-state index in [0.29, 0.717) is 21.2 Å². The lowest BCUT2D eigenvalue weighted by molar-refractivity contribution is 0.0480. The third kappa shape index (κ3) is 3.82. The van der Waals surface area contributed by atoms with Crippen LogP contribution in [0.4, 0.5) is 5.69 Å². The van der Waals surface area contributed by atoms with Crippen molar-refractivity contribution in [3.05, 3.63) is 87.8 Å². The molecule has 0 bridgehead atoms. The normalized spacial score (nSPS) is 10.9. The van der Waals surface area contributed by atoms with Gasteiger partial charge in [0.1, 0.15) is 4.88 Å². The molecular formula is C24H18ClNO3S. The van der Waals surface area contributed by atoms with Gasteiger partial charge < -0.3 is 10.5 Å². The van der Waals surface area contributed by atoms with Gasteiger partial charge in [0.05, 0.1) is 10.7 Å². The van der Waals surface area contributed by atoms with E-state index in [2.05, 4.69) is 0 Å². The van der Waals surface area contributed by atoms with E-state index in [4.69, 9.17) is 22.1 Å². The maximum atomic E-state index is 12.6. The number of halogens is 1. The lowest BCUT2D eigenvalue weighted by Crippen LogP contribution is -2.14. The molecule has 1 heterocycles. The first-order chi connectivity index (χ1) is 14.5. The van der Waals surface area contributed by atoms with Gasteiger partial charge in [-0.2, -0.15) is 0 Å². The third-order valence-corrected chi connectivity index (χ3v) is 6.33. The molecule has 6 heteroatoms. The third-order valence-electron chi connectivity index (χ3n) is 4.85.